The fourth-order valence-corrected chi connectivity index (χ4v) is 2.11. The Labute approximate surface area is 109 Å². The standard InChI is InChI=1S/C11H16N2O4S/c14-11(13-10-12-3-8-18-10)17-7-6-16-9-1-4-15-5-2-9/h3,8-9H,1-2,4-7H2,(H,12,13,14). The van der Waals surface area contributed by atoms with Crippen LogP contribution < -0.4 is 5.32 Å². The van der Waals surface area contributed by atoms with Crippen molar-refractivity contribution < 1.29 is 19.0 Å². The minimum Gasteiger partial charge on any atom is -0.447 e. The summed E-state index contributed by atoms with van der Waals surface area (Å²) in [6.45, 7) is 2.15. The van der Waals surface area contributed by atoms with Crippen molar-refractivity contribution in [1.29, 1.82) is 0 Å². The van der Waals surface area contributed by atoms with E-state index >= 15 is 0 Å². The van der Waals surface area contributed by atoms with Crippen LogP contribution in [0, 0.1) is 0 Å². The Bertz CT molecular complexity index is 352. The molecule has 0 aromatic carbocycles. The molecule has 1 aromatic heterocycles. The number of ether oxygens (including phenoxy) is 3. The smallest absolute Gasteiger partial charge is 0.413 e. The largest absolute Gasteiger partial charge is 0.447 e. The van der Waals surface area contributed by atoms with E-state index in [2.05, 4.69) is 10.3 Å². The number of thiazole rings is 1. The van der Waals surface area contributed by atoms with Gasteiger partial charge in [0, 0.05) is 24.8 Å². The summed E-state index contributed by atoms with van der Waals surface area (Å²) >= 11 is 1.34. The van der Waals surface area contributed by atoms with Crippen molar-refractivity contribution in [3.63, 3.8) is 0 Å². The van der Waals surface area contributed by atoms with Gasteiger partial charge < -0.3 is 14.2 Å². The van der Waals surface area contributed by atoms with E-state index in [9.17, 15) is 4.79 Å². The second kappa shape index (κ2) is 7.30. The Hall–Kier alpha value is -1.18. The van der Waals surface area contributed by atoms with E-state index in [0.717, 1.165) is 26.1 Å². The first-order valence-corrected chi connectivity index (χ1v) is 6.75. The van der Waals surface area contributed by atoms with E-state index in [1.54, 1.807) is 11.6 Å². The number of hydrogen-bond donors (Lipinski definition) is 1. The molecule has 1 aliphatic heterocycles. The van der Waals surface area contributed by atoms with Crippen LogP contribution in [0.15, 0.2) is 11.6 Å². The van der Waals surface area contributed by atoms with Gasteiger partial charge in [0.25, 0.3) is 0 Å². The third-order valence-corrected chi connectivity index (χ3v) is 3.17. The highest BCUT2D eigenvalue weighted by atomic mass is 32.1. The molecule has 1 fully saturated rings. The lowest BCUT2D eigenvalue weighted by Crippen LogP contribution is -2.25. The number of anilines is 1. The molecule has 0 radical (unpaired) electrons. The lowest BCUT2D eigenvalue weighted by Gasteiger charge is -2.22. The third kappa shape index (κ3) is 4.59. The number of hydrogen-bond acceptors (Lipinski definition) is 6. The topological polar surface area (TPSA) is 69.7 Å². The van der Waals surface area contributed by atoms with Crippen LogP contribution >= 0.6 is 11.3 Å². The number of rotatable bonds is 5. The minimum atomic E-state index is -0.500. The number of aromatic nitrogens is 1. The molecule has 1 amide bonds. The lowest BCUT2D eigenvalue weighted by atomic mass is 10.2. The molecule has 0 atom stereocenters. The quantitative estimate of drug-likeness (QED) is 0.829. The summed E-state index contributed by atoms with van der Waals surface area (Å²) in [6.07, 6.45) is 3.16. The minimum absolute atomic E-state index is 0.226. The number of nitrogens with zero attached hydrogens (tertiary/aromatic N) is 1. The molecule has 1 aliphatic rings. The van der Waals surface area contributed by atoms with Crippen molar-refractivity contribution in [3.8, 4) is 0 Å². The van der Waals surface area contributed by atoms with Crippen molar-refractivity contribution >= 4 is 22.6 Å². The molecule has 1 aromatic rings. The van der Waals surface area contributed by atoms with Gasteiger partial charge in [-0.05, 0) is 12.8 Å². The zero-order valence-electron chi connectivity index (χ0n) is 9.96. The summed E-state index contributed by atoms with van der Waals surface area (Å²) in [5.74, 6) is 0. The monoisotopic (exact) mass is 272 g/mol. The van der Waals surface area contributed by atoms with Crippen molar-refractivity contribution in [2.24, 2.45) is 0 Å². The Balaban J connectivity index is 1.53. The summed E-state index contributed by atoms with van der Waals surface area (Å²) in [6, 6.07) is 0. The molecule has 1 N–H and O–H groups in total. The molecule has 0 unspecified atom stereocenters. The molecule has 100 valence electrons. The predicted molar refractivity (Wildman–Crippen MR) is 66.9 cm³/mol. The van der Waals surface area contributed by atoms with Crippen LogP contribution in [-0.4, -0.2) is 43.6 Å². The van der Waals surface area contributed by atoms with Gasteiger partial charge in [-0.15, -0.1) is 11.3 Å². The van der Waals surface area contributed by atoms with Crippen LogP contribution in [0.1, 0.15) is 12.8 Å². The Morgan fingerprint density at radius 2 is 2.33 bits per heavy atom. The zero-order chi connectivity index (χ0) is 12.6. The molecule has 0 saturated carbocycles. The van der Waals surface area contributed by atoms with Crippen LogP contribution in [0.5, 0.6) is 0 Å². The van der Waals surface area contributed by atoms with Gasteiger partial charge in [0.1, 0.15) is 6.61 Å². The van der Waals surface area contributed by atoms with Crippen LogP contribution in [0.3, 0.4) is 0 Å². The molecular formula is C11H16N2O4S. The average Bonchev–Trinajstić information content (AvgIpc) is 2.89. The molecular weight excluding hydrogens is 256 g/mol. The summed E-state index contributed by atoms with van der Waals surface area (Å²) in [5, 5.41) is 4.85. The molecule has 7 heteroatoms. The van der Waals surface area contributed by atoms with E-state index in [4.69, 9.17) is 14.2 Å². The van der Waals surface area contributed by atoms with E-state index in [0.29, 0.717) is 11.7 Å². The molecule has 2 rings (SSSR count). The van der Waals surface area contributed by atoms with Crippen molar-refractivity contribution in [1.82, 2.24) is 4.98 Å². The van der Waals surface area contributed by atoms with Gasteiger partial charge in [0.2, 0.25) is 0 Å². The highest BCUT2D eigenvalue weighted by Gasteiger charge is 2.14. The molecule has 0 bridgehead atoms. The second-order valence-corrected chi connectivity index (χ2v) is 4.68. The lowest BCUT2D eigenvalue weighted by molar-refractivity contribution is -0.0417. The summed E-state index contributed by atoms with van der Waals surface area (Å²) in [7, 11) is 0. The van der Waals surface area contributed by atoms with Gasteiger partial charge in [0.15, 0.2) is 5.13 Å². The third-order valence-electron chi connectivity index (χ3n) is 2.48. The van der Waals surface area contributed by atoms with Gasteiger partial charge in [-0.2, -0.15) is 0 Å². The molecule has 18 heavy (non-hydrogen) atoms. The molecule has 1 saturated heterocycles. The van der Waals surface area contributed by atoms with E-state index in [1.807, 2.05) is 0 Å². The van der Waals surface area contributed by atoms with Crippen LogP contribution in [0.25, 0.3) is 0 Å². The van der Waals surface area contributed by atoms with Crippen LogP contribution in [0.4, 0.5) is 9.93 Å². The summed E-state index contributed by atoms with van der Waals surface area (Å²) in [5.41, 5.74) is 0. The van der Waals surface area contributed by atoms with Crippen molar-refractivity contribution in [3.05, 3.63) is 11.6 Å². The zero-order valence-corrected chi connectivity index (χ0v) is 10.8. The second-order valence-electron chi connectivity index (χ2n) is 3.78. The van der Waals surface area contributed by atoms with Gasteiger partial charge in [-0.3, -0.25) is 5.32 Å². The summed E-state index contributed by atoms with van der Waals surface area (Å²) in [4.78, 5) is 15.2. The van der Waals surface area contributed by atoms with E-state index in [1.165, 1.54) is 11.3 Å². The molecule has 0 spiro atoms. The van der Waals surface area contributed by atoms with E-state index < -0.39 is 6.09 Å². The molecule has 2 heterocycles. The van der Waals surface area contributed by atoms with Gasteiger partial charge in [-0.1, -0.05) is 0 Å². The predicted octanol–water partition coefficient (Wildman–Crippen LogP) is 1.89. The Morgan fingerprint density at radius 1 is 1.50 bits per heavy atom. The number of nitrogens with one attached hydrogen (secondary N) is 1. The highest BCUT2D eigenvalue weighted by molar-refractivity contribution is 7.13. The number of amides is 1. The van der Waals surface area contributed by atoms with Crippen molar-refractivity contribution in [2.45, 2.75) is 18.9 Å². The SMILES string of the molecule is O=C(Nc1nccs1)OCCOC1CCOCC1. The maximum Gasteiger partial charge on any atom is 0.413 e. The fraction of sp³-hybridized carbons (Fsp3) is 0.636. The van der Waals surface area contributed by atoms with Crippen LogP contribution in [-0.2, 0) is 14.2 Å². The molecule has 0 aliphatic carbocycles. The first-order chi connectivity index (χ1) is 8.84. The number of carbonyl (C=O) groups excluding carboxylic acids is 1. The average molecular weight is 272 g/mol. The van der Waals surface area contributed by atoms with E-state index in [-0.39, 0.29) is 12.7 Å². The van der Waals surface area contributed by atoms with Gasteiger partial charge >= 0.3 is 6.09 Å². The normalized spacial score (nSPS) is 16.4. The molecule has 6 nitrogen and oxygen atoms in total. The summed E-state index contributed by atoms with van der Waals surface area (Å²) < 4.78 is 15.8. The maximum absolute atomic E-state index is 11.3. The van der Waals surface area contributed by atoms with Gasteiger partial charge in [-0.25, -0.2) is 9.78 Å². The van der Waals surface area contributed by atoms with Gasteiger partial charge in [0.05, 0.1) is 12.7 Å². The maximum atomic E-state index is 11.3. The fourth-order valence-electron chi connectivity index (χ4n) is 1.60. The van der Waals surface area contributed by atoms with Crippen molar-refractivity contribution in [2.75, 3.05) is 31.7 Å². The Morgan fingerprint density at radius 3 is 3.06 bits per heavy atom. The van der Waals surface area contributed by atoms with Crippen LogP contribution in [0.2, 0.25) is 0 Å². The highest BCUT2D eigenvalue weighted by Crippen LogP contribution is 2.11. The first-order valence-electron chi connectivity index (χ1n) is 5.87. The Kier molecular flexibility index (Phi) is 5.37. The number of carbonyl (C=O) groups is 1. The first kappa shape index (κ1) is 13.3.